The third-order valence-corrected chi connectivity index (χ3v) is 5.20. The van der Waals surface area contributed by atoms with Crippen LogP contribution in [0, 0.1) is 0 Å². The molecule has 0 saturated carbocycles. The van der Waals surface area contributed by atoms with E-state index in [9.17, 15) is 18.0 Å². The van der Waals surface area contributed by atoms with E-state index < -0.39 is 17.3 Å². The summed E-state index contributed by atoms with van der Waals surface area (Å²) >= 11 is 0. The molecular weight excluding hydrogens is 451 g/mol. The first-order chi connectivity index (χ1) is 16.3. The highest BCUT2D eigenvalue weighted by atomic mass is 19.4. The average Bonchev–Trinajstić information content (AvgIpc) is 3.31. The minimum Gasteiger partial charge on any atom is -0.493 e. The normalized spacial score (nSPS) is 13.1. The smallest absolute Gasteiger partial charge is 0.416 e. The van der Waals surface area contributed by atoms with Gasteiger partial charge >= 0.3 is 6.18 Å². The number of rotatable bonds is 4. The monoisotopic (exact) mass is 467 g/mol. The van der Waals surface area contributed by atoms with E-state index in [4.69, 9.17) is 14.2 Å². The van der Waals surface area contributed by atoms with Crippen molar-refractivity contribution in [3.8, 4) is 28.6 Å². The van der Waals surface area contributed by atoms with Gasteiger partial charge in [-0.25, -0.2) is 4.98 Å². The van der Waals surface area contributed by atoms with Crippen LogP contribution in [0.3, 0.4) is 0 Å². The van der Waals surface area contributed by atoms with E-state index >= 15 is 0 Å². The molecule has 1 aliphatic heterocycles. The summed E-state index contributed by atoms with van der Waals surface area (Å²) in [5, 5.41) is 4.56. The van der Waals surface area contributed by atoms with Crippen molar-refractivity contribution in [1.29, 1.82) is 0 Å². The van der Waals surface area contributed by atoms with Gasteiger partial charge in [0, 0.05) is 11.1 Å². The van der Waals surface area contributed by atoms with E-state index in [0.717, 1.165) is 16.8 Å². The fourth-order valence-electron chi connectivity index (χ4n) is 3.60. The lowest BCUT2D eigenvalue weighted by atomic mass is 10.1. The van der Waals surface area contributed by atoms with Crippen LogP contribution in [0.15, 0.2) is 70.6 Å². The van der Waals surface area contributed by atoms with E-state index in [1.165, 1.54) is 25.5 Å². The number of hydrogen-bond donors (Lipinski definition) is 0. The van der Waals surface area contributed by atoms with Crippen molar-refractivity contribution in [2.45, 2.75) is 6.18 Å². The van der Waals surface area contributed by atoms with Gasteiger partial charge in [0.05, 0.1) is 29.8 Å². The first kappa shape index (κ1) is 21.5. The van der Waals surface area contributed by atoms with Gasteiger partial charge in [0.1, 0.15) is 0 Å². The molecule has 34 heavy (non-hydrogen) atoms. The second kappa shape index (κ2) is 8.22. The number of para-hydroxylation sites is 1. The van der Waals surface area contributed by atoms with E-state index in [0.29, 0.717) is 28.3 Å². The van der Waals surface area contributed by atoms with E-state index in [2.05, 4.69) is 10.1 Å². The Hall–Kier alpha value is -4.34. The molecule has 10 heteroatoms. The molecular formula is C24H16F3N3O4. The maximum atomic E-state index is 13.3. The summed E-state index contributed by atoms with van der Waals surface area (Å²) in [6.45, 7) is 0.0417. The molecule has 4 aromatic rings. The van der Waals surface area contributed by atoms with Crippen LogP contribution in [-0.2, 0) is 6.18 Å². The highest BCUT2D eigenvalue weighted by molar-refractivity contribution is 5.84. The fourth-order valence-corrected chi connectivity index (χ4v) is 3.60. The van der Waals surface area contributed by atoms with E-state index in [1.807, 2.05) is 0 Å². The van der Waals surface area contributed by atoms with Crippen LogP contribution in [0.25, 0.3) is 22.3 Å². The second-order valence-electron chi connectivity index (χ2n) is 7.35. The zero-order valence-electron chi connectivity index (χ0n) is 17.7. The van der Waals surface area contributed by atoms with Gasteiger partial charge < -0.3 is 14.2 Å². The zero-order valence-corrected chi connectivity index (χ0v) is 17.7. The predicted octanol–water partition coefficient (Wildman–Crippen LogP) is 4.70. The summed E-state index contributed by atoms with van der Waals surface area (Å²) in [5.74, 6) is 1.29. The van der Waals surface area contributed by atoms with Gasteiger partial charge in [-0.05, 0) is 36.4 Å². The lowest BCUT2D eigenvalue weighted by Crippen LogP contribution is -2.20. The van der Waals surface area contributed by atoms with Gasteiger partial charge in [0.15, 0.2) is 17.3 Å². The minimum absolute atomic E-state index is 0.0289. The maximum Gasteiger partial charge on any atom is 0.416 e. The van der Waals surface area contributed by atoms with Crippen LogP contribution < -0.4 is 19.8 Å². The minimum atomic E-state index is -4.55. The van der Waals surface area contributed by atoms with Crippen molar-refractivity contribution in [1.82, 2.24) is 9.66 Å². The molecule has 0 unspecified atom stereocenters. The van der Waals surface area contributed by atoms with Crippen LogP contribution in [0.1, 0.15) is 11.1 Å². The van der Waals surface area contributed by atoms with Crippen LogP contribution in [-0.4, -0.2) is 29.8 Å². The van der Waals surface area contributed by atoms with E-state index in [1.54, 1.807) is 36.4 Å². The summed E-state index contributed by atoms with van der Waals surface area (Å²) in [6.07, 6.45) is -3.18. The topological polar surface area (TPSA) is 74.9 Å². The second-order valence-corrected chi connectivity index (χ2v) is 7.35. The molecule has 0 N–H and O–H groups in total. The van der Waals surface area contributed by atoms with Crippen molar-refractivity contribution in [2.24, 2.45) is 5.10 Å². The third kappa shape index (κ3) is 3.83. The Morgan fingerprint density at radius 3 is 2.71 bits per heavy atom. The van der Waals surface area contributed by atoms with Crippen molar-refractivity contribution in [2.75, 3.05) is 13.9 Å². The Bertz CT molecular complexity index is 1500. The average molecular weight is 467 g/mol. The largest absolute Gasteiger partial charge is 0.493 e. The standard InChI is InChI=1S/C24H16F3N3O4/c1-32-19-9-14(10-20-21(19)34-13-33-20)12-28-30-22(15-5-4-6-16(11-15)24(25,26)27)29-18-8-3-2-7-17(18)23(30)31/h2-12H,13H2,1H3. The number of aromatic nitrogens is 2. The number of methoxy groups -OCH3 is 1. The molecule has 7 nitrogen and oxygen atoms in total. The van der Waals surface area contributed by atoms with Crippen LogP contribution >= 0.6 is 0 Å². The SMILES string of the molecule is COc1cc(C=Nn2c(-c3cccc(C(F)(F)F)c3)nc3ccccc3c2=O)cc2c1OCO2. The van der Waals surface area contributed by atoms with Gasteiger partial charge in [-0.15, -0.1) is 0 Å². The van der Waals surface area contributed by atoms with Crippen molar-refractivity contribution in [3.63, 3.8) is 0 Å². The number of nitrogens with zero attached hydrogens (tertiary/aromatic N) is 3. The number of ether oxygens (including phenoxy) is 3. The van der Waals surface area contributed by atoms with Crippen molar-refractivity contribution in [3.05, 3.63) is 82.1 Å². The third-order valence-electron chi connectivity index (χ3n) is 5.20. The summed E-state index contributed by atoms with van der Waals surface area (Å²) in [4.78, 5) is 17.7. The molecule has 1 aromatic heterocycles. The van der Waals surface area contributed by atoms with Crippen molar-refractivity contribution >= 4 is 17.1 Å². The first-order valence-electron chi connectivity index (χ1n) is 10.1. The Balaban J connectivity index is 1.68. The molecule has 1 aliphatic rings. The molecule has 5 rings (SSSR count). The Morgan fingerprint density at radius 2 is 1.91 bits per heavy atom. The number of alkyl halides is 3. The van der Waals surface area contributed by atoms with Crippen LogP contribution in [0.2, 0.25) is 0 Å². The molecule has 172 valence electrons. The molecule has 0 bridgehead atoms. The molecule has 2 heterocycles. The molecule has 0 saturated heterocycles. The van der Waals surface area contributed by atoms with Crippen LogP contribution in [0.5, 0.6) is 17.2 Å². The van der Waals surface area contributed by atoms with Crippen molar-refractivity contribution < 1.29 is 27.4 Å². The number of hydrogen-bond acceptors (Lipinski definition) is 6. The van der Waals surface area contributed by atoms with Gasteiger partial charge in [-0.1, -0.05) is 24.3 Å². The predicted molar refractivity (Wildman–Crippen MR) is 119 cm³/mol. The summed E-state index contributed by atoms with van der Waals surface area (Å²) in [6, 6.07) is 14.4. The molecule has 0 aliphatic carbocycles. The Morgan fingerprint density at radius 1 is 1.09 bits per heavy atom. The molecule has 3 aromatic carbocycles. The highest BCUT2D eigenvalue weighted by Gasteiger charge is 2.31. The maximum absolute atomic E-state index is 13.3. The number of fused-ring (bicyclic) bond motifs is 2. The fraction of sp³-hybridized carbons (Fsp3) is 0.125. The highest BCUT2D eigenvalue weighted by Crippen LogP contribution is 2.41. The molecule has 0 fully saturated rings. The van der Waals surface area contributed by atoms with Crippen LogP contribution in [0.4, 0.5) is 13.2 Å². The van der Waals surface area contributed by atoms with Gasteiger partial charge in [-0.2, -0.15) is 22.9 Å². The molecule has 0 spiro atoms. The van der Waals surface area contributed by atoms with Gasteiger partial charge in [-0.3, -0.25) is 4.79 Å². The Kier molecular flexibility index (Phi) is 5.20. The lowest BCUT2D eigenvalue weighted by Gasteiger charge is -2.12. The molecule has 0 amide bonds. The van der Waals surface area contributed by atoms with Gasteiger partial charge in [0.2, 0.25) is 12.5 Å². The number of halogens is 3. The van der Waals surface area contributed by atoms with E-state index in [-0.39, 0.29) is 23.6 Å². The summed E-state index contributed by atoms with van der Waals surface area (Å²) in [5.41, 5.74) is -0.421. The molecule has 0 atom stereocenters. The quantitative estimate of drug-likeness (QED) is 0.407. The summed E-state index contributed by atoms with van der Waals surface area (Å²) < 4.78 is 57.0. The zero-order chi connectivity index (χ0) is 23.9. The summed E-state index contributed by atoms with van der Waals surface area (Å²) in [7, 11) is 1.47. The lowest BCUT2D eigenvalue weighted by molar-refractivity contribution is -0.137. The van der Waals surface area contributed by atoms with Gasteiger partial charge in [0.25, 0.3) is 5.56 Å². The first-order valence-corrected chi connectivity index (χ1v) is 10.1. The molecule has 0 radical (unpaired) electrons. The number of benzene rings is 3. The Labute approximate surface area is 190 Å².